The summed E-state index contributed by atoms with van der Waals surface area (Å²) in [5.74, 6) is 0. The van der Waals surface area contributed by atoms with E-state index in [1.54, 1.807) is 0 Å². The first kappa shape index (κ1) is 13.5. The molecule has 0 aliphatic heterocycles. The van der Waals surface area contributed by atoms with E-state index < -0.39 is 0 Å². The third-order valence-corrected chi connectivity index (χ3v) is 0.542. The molecule has 0 heterocycles. The number of nitrogens with zero attached hydrogens (tertiary/aromatic N) is 1. The highest BCUT2D eigenvalue weighted by atomic mass is 17.2. The van der Waals surface area contributed by atoms with E-state index in [9.17, 15) is 0 Å². The van der Waals surface area contributed by atoms with Gasteiger partial charge in [-0.1, -0.05) is 0 Å². The van der Waals surface area contributed by atoms with Crippen LogP contribution in [0.5, 0.6) is 0 Å². The summed E-state index contributed by atoms with van der Waals surface area (Å²) in [6, 6.07) is 0. The van der Waals surface area contributed by atoms with Crippen molar-refractivity contribution in [3.05, 3.63) is 0 Å². The maximum absolute atomic E-state index is 5.09. The summed E-state index contributed by atoms with van der Waals surface area (Å²) in [4.78, 5) is 10.2. The Kier molecular flexibility index (Phi) is 4.95. The maximum Gasteiger partial charge on any atom is 0.0952 e. The molecule has 0 aromatic rings. The summed E-state index contributed by atoms with van der Waals surface area (Å²) < 4.78 is 0. The lowest BCUT2D eigenvalue weighted by atomic mass is 10.2. The van der Waals surface area contributed by atoms with Gasteiger partial charge < -0.3 is 0 Å². The first-order valence-electron chi connectivity index (χ1n) is 3.57. The molecule has 0 N–H and O–H groups in total. The van der Waals surface area contributed by atoms with Gasteiger partial charge >= 0.3 is 0 Å². The van der Waals surface area contributed by atoms with Crippen LogP contribution in [0.4, 0.5) is 0 Å². The summed E-state index contributed by atoms with van der Waals surface area (Å²) in [5, 5.41) is 0. The molecule has 0 spiro atoms. The predicted molar refractivity (Wildman–Crippen MR) is 43.8 cm³/mol. The molecule has 0 aromatic carbocycles. The van der Waals surface area contributed by atoms with E-state index in [4.69, 9.17) is 9.78 Å². The molecule has 0 rings (SSSR count). The Hall–Kier alpha value is -0.120. The van der Waals surface area contributed by atoms with Crippen molar-refractivity contribution in [1.29, 1.82) is 0 Å². The lowest BCUT2D eigenvalue weighted by Gasteiger charge is -2.24. The maximum atomic E-state index is 5.09. The van der Waals surface area contributed by atoms with Crippen molar-refractivity contribution in [2.75, 3.05) is 0 Å². The molecule has 0 saturated heterocycles. The molecule has 3 heteroatoms. The first-order valence-corrected chi connectivity index (χ1v) is 3.57. The van der Waals surface area contributed by atoms with Crippen molar-refractivity contribution >= 4 is 0 Å². The van der Waals surface area contributed by atoms with Crippen LogP contribution in [0.25, 0.3) is 0 Å². The van der Waals surface area contributed by atoms with Gasteiger partial charge in [0.25, 0.3) is 0 Å². The molecule has 0 amide bonds. The van der Waals surface area contributed by atoms with Crippen LogP contribution in [0.2, 0.25) is 0 Å². The van der Waals surface area contributed by atoms with Gasteiger partial charge in [-0.05, 0) is 41.5 Å². The third-order valence-electron chi connectivity index (χ3n) is 0.542. The Balaban J connectivity index is 0. The molecule has 0 saturated carbocycles. The van der Waals surface area contributed by atoms with Gasteiger partial charge in [0.05, 0.1) is 11.2 Å². The fraction of sp³-hybridized carbons (Fsp3) is 1.00. The lowest BCUT2D eigenvalue weighted by molar-refractivity contribution is -0.393. The van der Waals surface area contributed by atoms with Gasteiger partial charge in [0, 0.05) is 6.15 Å². The fourth-order valence-corrected chi connectivity index (χ4v) is 0.250. The average Bonchev–Trinajstić information content (AvgIpc) is 1.57. The summed E-state index contributed by atoms with van der Waals surface area (Å²) >= 11 is 0. The highest BCUT2D eigenvalue weighted by molar-refractivity contribution is 4.58. The highest BCUT2D eigenvalue weighted by Crippen LogP contribution is 2.14. The average molecular weight is 160 g/mol. The van der Waals surface area contributed by atoms with Crippen LogP contribution in [0.3, 0.4) is 0 Å². The first-order chi connectivity index (χ1) is 4.21. The molecule has 3 nitrogen and oxygen atoms in total. The van der Waals surface area contributed by atoms with E-state index in [1.165, 1.54) is 0 Å². The normalized spacial score (nSPS) is 12.5. The van der Waals surface area contributed by atoms with E-state index >= 15 is 0 Å². The van der Waals surface area contributed by atoms with Crippen LogP contribution in [0, 0.1) is 0 Å². The van der Waals surface area contributed by atoms with E-state index in [-0.39, 0.29) is 17.4 Å². The van der Waals surface area contributed by atoms with E-state index in [2.05, 4.69) is 0 Å². The molecule has 0 aromatic heterocycles. The zero-order chi connectivity index (χ0) is 8.41. The van der Waals surface area contributed by atoms with Gasteiger partial charge in [-0.15, -0.1) is 0 Å². The van der Waals surface area contributed by atoms with Crippen molar-refractivity contribution in [3.63, 3.8) is 0 Å². The molecule has 0 aliphatic rings. The quantitative estimate of drug-likeness (QED) is 0.435. The Morgan fingerprint density at radius 1 is 0.636 bits per heavy atom. The van der Waals surface area contributed by atoms with Gasteiger partial charge in [0.15, 0.2) is 0 Å². The monoisotopic (exact) mass is 160 g/mol. The largest absolute Gasteiger partial charge is 0.230 e. The van der Waals surface area contributed by atoms with Crippen LogP contribution in [0.1, 0.15) is 41.5 Å². The molecule has 0 aliphatic carbocycles. The standard InChI is InChI=1S/C8H18O2.N/c1-7(2,3)9-10-8(4,5)6;/h1-6H3;. The zero-order valence-electron chi connectivity index (χ0n) is 8.26. The minimum absolute atomic E-state index is 0. The Morgan fingerprint density at radius 2 is 0.818 bits per heavy atom. The Bertz CT molecular complexity index is 85.6. The minimum Gasteiger partial charge on any atom is -0.230 e. The summed E-state index contributed by atoms with van der Waals surface area (Å²) in [6.45, 7) is 11.7. The van der Waals surface area contributed by atoms with Crippen LogP contribution in [-0.2, 0) is 9.78 Å². The van der Waals surface area contributed by atoms with Gasteiger partial charge in [-0.3, -0.25) is 0 Å². The van der Waals surface area contributed by atoms with Gasteiger partial charge in [-0.2, -0.15) is 0 Å². The molecular formula is C8H18NO2. The summed E-state index contributed by atoms with van der Waals surface area (Å²) in [6.07, 6.45) is 0. The van der Waals surface area contributed by atoms with Crippen LogP contribution < -0.4 is 6.15 Å². The lowest BCUT2D eigenvalue weighted by Crippen LogP contribution is -2.27. The molecular weight excluding hydrogens is 142 g/mol. The smallest absolute Gasteiger partial charge is 0.0952 e. The van der Waals surface area contributed by atoms with Crippen molar-refractivity contribution in [2.45, 2.75) is 52.7 Å². The Morgan fingerprint density at radius 3 is 0.909 bits per heavy atom. The molecule has 3 radical (unpaired) electrons. The fourth-order valence-electron chi connectivity index (χ4n) is 0.250. The molecule has 0 unspecified atom stereocenters. The van der Waals surface area contributed by atoms with E-state index in [0.29, 0.717) is 0 Å². The predicted octanol–water partition coefficient (Wildman–Crippen LogP) is 2.05. The second-order valence-corrected chi connectivity index (χ2v) is 4.39. The third kappa shape index (κ3) is 13.0. The Labute approximate surface area is 69.6 Å². The van der Waals surface area contributed by atoms with Crippen molar-refractivity contribution in [3.8, 4) is 0 Å². The van der Waals surface area contributed by atoms with Crippen LogP contribution in [0.15, 0.2) is 0 Å². The second kappa shape index (κ2) is 4.04. The molecule has 0 fully saturated rings. The highest BCUT2D eigenvalue weighted by Gasteiger charge is 2.18. The molecule has 67 valence electrons. The van der Waals surface area contributed by atoms with Crippen molar-refractivity contribution in [1.82, 2.24) is 6.15 Å². The molecule has 0 atom stereocenters. The minimum atomic E-state index is -0.215. The van der Waals surface area contributed by atoms with Gasteiger partial charge in [0.1, 0.15) is 0 Å². The summed E-state index contributed by atoms with van der Waals surface area (Å²) in [7, 11) is 0. The number of hydrogen-bond acceptors (Lipinski definition) is 2. The van der Waals surface area contributed by atoms with Crippen LogP contribution >= 0.6 is 0 Å². The van der Waals surface area contributed by atoms with Gasteiger partial charge in [-0.25, -0.2) is 9.78 Å². The summed E-state index contributed by atoms with van der Waals surface area (Å²) in [5.41, 5.74) is -0.430. The SMILES string of the molecule is CC(C)(C)OOC(C)(C)C.[N]. The topological polar surface area (TPSA) is 49.0 Å². The van der Waals surface area contributed by atoms with Gasteiger partial charge in [0.2, 0.25) is 0 Å². The zero-order valence-corrected chi connectivity index (χ0v) is 8.26. The number of rotatable bonds is 1. The van der Waals surface area contributed by atoms with Crippen molar-refractivity contribution in [2.24, 2.45) is 0 Å². The molecule has 11 heavy (non-hydrogen) atoms. The van der Waals surface area contributed by atoms with Crippen molar-refractivity contribution < 1.29 is 9.78 Å². The van der Waals surface area contributed by atoms with Crippen LogP contribution in [-0.4, -0.2) is 11.2 Å². The molecule has 0 bridgehead atoms. The van der Waals surface area contributed by atoms with E-state index in [0.717, 1.165) is 0 Å². The second-order valence-electron chi connectivity index (χ2n) is 4.39. The number of hydrogen-bond donors (Lipinski definition) is 0. The van der Waals surface area contributed by atoms with E-state index in [1.807, 2.05) is 41.5 Å².